The lowest BCUT2D eigenvalue weighted by Crippen LogP contribution is -2.05. The van der Waals surface area contributed by atoms with E-state index >= 15 is 0 Å². The summed E-state index contributed by atoms with van der Waals surface area (Å²) in [6.45, 7) is -2.82. The monoisotopic (exact) mass is 333 g/mol. The molecule has 0 atom stereocenters. The molecule has 0 aliphatic heterocycles. The molecule has 3 aromatic heterocycles. The maximum Gasteiger partial charge on any atom is 0.388 e. The van der Waals surface area contributed by atoms with Crippen molar-refractivity contribution in [3.63, 3.8) is 0 Å². The van der Waals surface area contributed by atoms with Crippen molar-refractivity contribution in [3.05, 3.63) is 54.4 Å². The Labute approximate surface area is 135 Å². The molecule has 0 saturated carbocycles. The van der Waals surface area contributed by atoms with Crippen LogP contribution in [-0.4, -0.2) is 36.5 Å². The van der Waals surface area contributed by atoms with Gasteiger partial charge in [-0.25, -0.2) is 14.6 Å². The van der Waals surface area contributed by atoms with E-state index in [1.165, 1.54) is 18.6 Å². The number of hydrogen-bond acceptors (Lipinski definition) is 6. The number of nitrogens with zero attached hydrogens (tertiary/aromatic N) is 5. The van der Waals surface area contributed by atoms with Crippen LogP contribution in [0.15, 0.2) is 43.0 Å². The molecule has 0 aliphatic carbocycles. The zero-order valence-electron chi connectivity index (χ0n) is 12.4. The fourth-order valence-corrected chi connectivity index (χ4v) is 2.19. The molecule has 9 heteroatoms. The summed E-state index contributed by atoms with van der Waals surface area (Å²) < 4.78 is 30.6. The van der Waals surface area contributed by atoms with Gasteiger partial charge in [0.05, 0.1) is 12.2 Å². The zero-order valence-corrected chi connectivity index (χ0v) is 12.4. The molecule has 0 fully saturated rings. The summed E-state index contributed by atoms with van der Waals surface area (Å²) in [6.07, 6.45) is 4.48. The molecule has 3 aromatic rings. The van der Waals surface area contributed by atoms with Crippen molar-refractivity contribution in [2.75, 3.05) is 0 Å². The van der Waals surface area contributed by atoms with Crippen molar-refractivity contribution < 1.29 is 18.6 Å². The number of pyridine rings is 2. The Morgan fingerprint density at radius 1 is 1.17 bits per heavy atom. The number of aromatic nitrogens is 5. The predicted molar refractivity (Wildman–Crippen MR) is 79.1 cm³/mol. The van der Waals surface area contributed by atoms with E-state index in [-0.39, 0.29) is 12.5 Å². The standard InChI is InChI=1S/C15H13F2N5O2/c16-15(17)24-13-6-10(3-5-18-13)14-11(2-1-4-19-14)7-22-9-20-12(8-23)21-22/h1-6,9,15,23H,7-8H2. The van der Waals surface area contributed by atoms with Crippen LogP contribution in [0.5, 0.6) is 5.88 Å². The van der Waals surface area contributed by atoms with Crippen LogP contribution in [0.1, 0.15) is 11.4 Å². The van der Waals surface area contributed by atoms with E-state index in [0.717, 1.165) is 5.56 Å². The Hall–Kier alpha value is -2.94. The maximum absolute atomic E-state index is 12.3. The average Bonchev–Trinajstić information content (AvgIpc) is 3.03. The summed E-state index contributed by atoms with van der Waals surface area (Å²) in [4.78, 5) is 12.0. The van der Waals surface area contributed by atoms with E-state index in [9.17, 15) is 8.78 Å². The van der Waals surface area contributed by atoms with Gasteiger partial charge in [-0.05, 0) is 17.7 Å². The van der Waals surface area contributed by atoms with Crippen LogP contribution in [-0.2, 0) is 13.2 Å². The Bertz CT molecular complexity index is 825. The van der Waals surface area contributed by atoms with Gasteiger partial charge in [-0.3, -0.25) is 4.98 Å². The van der Waals surface area contributed by atoms with Crippen LogP contribution in [0, 0.1) is 0 Å². The van der Waals surface area contributed by atoms with Crippen LogP contribution in [0.3, 0.4) is 0 Å². The minimum absolute atomic E-state index is 0.178. The van der Waals surface area contributed by atoms with Gasteiger partial charge in [0.2, 0.25) is 5.88 Å². The Morgan fingerprint density at radius 3 is 2.79 bits per heavy atom. The number of aliphatic hydroxyl groups is 1. The second-order valence-electron chi connectivity index (χ2n) is 4.79. The fourth-order valence-electron chi connectivity index (χ4n) is 2.19. The molecule has 0 bridgehead atoms. The van der Waals surface area contributed by atoms with E-state index in [4.69, 9.17) is 5.11 Å². The quantitative estimate of drug-likeness (QED) is 0.741. The normalized spacial score (nSPS) is 11.0. The average molecular weight is 333 g/mol. The number of aliphatic hydroxyl groups excluding tert-OH is 1. The lowest BCUT2D eigenvalue weighted by atomic mass is 10.1. The van der Waals surface area contributed by atoms with Gasteiger partial charge < -0.3 is 9.84 Å². The Morgan fingerprint density at radius 2 is 2.04 bits per heavy atom. The second kappa shape index (κ2) is 7.09. The highest BCUT2D eigenvalue weighted by atomic mass is 19.3. The summed E-state index contributed by atoms with van der Waals surface area (Å²) in [5, 5.41) is 13.1. The van der Waals surface area contributed by atoms with Crippen molar-refractivity contribution in [2.45, 2.75) is 19.8 Å². The lowest BCUT2D eigenvalue weighted by Gasteiger charge is -2.10. The SMILES string of the molecule is OCc1ncn(Cc2cccnc2-c2ccnc(OC(F)F)c2)n1. The van der Waals surface area contributed by atoms with E-state index in [1.54, 1.807) is 23.0 Å². The van der Waals surface area contributed by atoms with Gasteiger partial charge in [-0.2, -0.15) is 13.9 Å². The fraction of sp³-hybridized carbons (Fsp3) is 0.200. The van der Waals surface area contributed by atoms with E-state index in [0.29, 0.717) is 23.6 Å². The van der Waals surface area contributed by atoms with Crippen LogP contribution in [0.4, 0.5) is 8.78 Å². The van der Waals surface area contributed by atoms with Crippen molar-refractivity contribution in [2.24, 2.45) is 0 Å². The van der Waals surface area contributed by atoms with Gasteiger partial charge in [-0.1, -0.05) is 6.07 Å². The van der Waals surface area contributed by atoms with Crippen LogP contribution in [0.2, 0.25) is 0 Å². The summed E-state index contributed by atoms with van der Waals surface area (Å²) in [7, 11) is 0. The van der Waals surface area contributed by atoms with Crippen LogP contribution < -0.4 is 4.74 Å². The molecule has 0 radical (unpaired) electrons. The molecule has 124 valence electrons. The number of ether oxygens (including phenoxy) is 1. The molecule has 24 heavy (non-hydrogen) atoms. The largest absolute Gasteiger partial charge is 0.417 e. The highest BCUT2D eigenvalue weighted by molar-refractivity contribution is 5.63. The Balaban J connectivity index is 1.91. The van der Waals surface area contributed by atoms with Crippen molar-refractivity contribution in [3.8, 4) is 17.1 Å². The van der Waals surface area contributed by atoms with E-state index in [1.807, 2.05) is 6.07 Å². The third kappa shape index (κ3) is 3.69. The molecule has 0 spiro atoms. The predicted octanol–water partition coefficient (Wildman–Crippen LogP) is 1.88. The molecule has 0 saturated heterocycles. The molecular formula is C15H13F2N5O2. The third-order valence-electron chi connectivity index (χ3n) is 3.17. The first-order valence-corrected chi connectivity index (χ1v) is 7.00. The molecule has 7 nitrogen and oxygen atoms in total. The molecule has 0 aliphatic rings. The highest BCUT2D eigenvalue weighted by Gasteiger charge is 2.11. The van der Waals surface area contributed by atoms with E-state index < -0.39 is 6.61 Å². The molecule has 0 amide bonds. The smallest absolute Gasteiger partial charge is 0.388 e. The number of alkyl halides is 2. The van der Waals surface area contributed by atoms with Gasteiger partial charge in [-0.15, -0.1) is 0 Å². The summed E-state index contributed by atoms with van der Waals surface area (Å²) >= 11 is 0. The zero-order chi connectivity index (χ0) is 16.9. The first kappa shape index (κ1) is 15.9. The Kier molecular flexibility index (Phi) is 4.71. The molecule has 0 aromatic carbocycles. The molecule has 3 rings (SSSR count). The van der Waals surface area contributed by atoms with Crippen molar-refractivity contribution in [1.29, 1.82) is 0 Å². The van der Waals surface area contributed by atoms with Crippen molar-refractivity contribution in [1.82, 2.24) is 24.7 Å². The van der Waals surface area contributed by atoms with Crippen LogP contribution in [0.25, 0.3) is 11.3 Å². The van der Waals surface area contributed by atoms with E-state index in [2.05, 4.69) is 24.8 Å². The number of hydrogen-bond donors (Lipinski definition) is 1. The van der Waals surface area contributed by atoms with Crippen LogP contribution >= 0.6 is 0 Å². The summed E-state index contributed by atoms with van der Waals surface area (Å²) in [5.41, 5.74) is 2.00. The second-order valence-corrected chi connectivity index (χ2v) is 4.79. The lowest BCUT2D eigenvalue weighted by molar-refractivity contribution is -0.0528. The summed E-state index contributed by atoms with van der Waals surface area (Å²) in [6, 6.07) is 6.67. The van der Waals surface area contributed by atoms with Gasteiger partial charge >= 0.3 is 6.61 Å². The van der Waals surface area contributed by atoms with Gasteiger partial charge in [0.15, 0.2) is 5.82 Å². The topological polar surface area (TPSA) is 86.0 Å². The molecule has 0 unspecified atom stereocenters. The third-order valence-corrected chi connectivity index (χ3v) is 3.17. The maximum atomic E-state index is 12.3. The first-order valence-electron chi connectivity index (χ1n) is 7.00. The molecule has 3 heterocycles. The van der Waals surface area contributed by atoms with Gasteiger partial charge in [0.25, 0.3) is 0 Å². The highest BCUT2D eigenvalue weighted by Crippen LogP contribution is 2.24. The minimum Gasteiger partial charge on any atom is -0.417 e. The van der Waals surface area contributed by atoms with Crippen molar-refractivity contribution >= 4 is 0 Å². The van der Waals surface area contributed by atoms with Gasteiger partial charge in [0.1, 0.15) is 12.9 Å². The number of halogens is 2. The minimum atomic E-state index is -2.94. The summed E-state index contributed by atoms with van der Waals surface area (Å²) in [5.74, 6) is 0.138. The van der Waals surface area contributed by atoms with Gasteiger partial charge in [0, 0.05) is 24.0 Å². The molecular weight excluding hydrogens is 320 g/mol. The molecule has 1 N–H and O–H groups in total. The number of rotatable bonds is 6. The first-order chi connectivity index (χ1) is 11.7.